The molecule has 1 unspecified atom stereocenters. The highest BCUT2D eigenvalue weighted by Gasteiger charge is 2.25. The topological polar surface area (TPSA) is 62.6 Å². The van der Waals surface area contributed by atoms with Crippen LogP contribution in [0.4, 0.5) is 9.18 Å². The molecule has 0 radical (unpaired) electrons. The molecule has 2 atom stereocenters. The Hall–Kier alpha value is -1.95. The average molecular weight is 336 g/mol. The zero-order chi connectivity index (χ0) is 17.5. The molecule has 1 aromatic rings. The number of rotatable bonds is 5. The lowest BCUT2D eigenvalue weighted by molar-refractivity contribution is -0.908. The highest BCUT2D eigenvalue weighted by atomic mass is 19.1. The third-order valence-corrected chi connectivity index (χ3v) is 4.74. The summed E-state index contributed by atoms with van der Waals surface area (Å²) in [7, 11) is 1.82. The summed E-state index contributed by atoms with van der Waals surface area (Å²) in [6.45, 7) is 2.12. The lowest BCUT2D eigenvalue weighted by atomic mass is 9.96. The van der Waals surface area contributed by atoms with E-state index >= 15 is 0 Å². The number of hydrogen-bond acceptors (Lipinski definition) is 2. The second-order valence-corrected chi connectivity index (χ2v) is 6.63. The lowest BCUT2D eigenvalue weighted by Gasteiger charge is -2.24. The minimum Gasteiger partial charge on any atom is -0.335 e. The Labute approximate surface area is 142 Å². The van der Waals surface area contributed by atoms with Crippen molar-refractivity contribution in [2.75, 3.05) is 7.05 Å². The van der Waals surface area contributed by atoms with Crippen molar-refractivity contribution < 1.29 is 18.9 Å². The van der Waals surface area contributed by atoms with Crippen molar-refractivity contribution >= 4 is 11.9 Å². The van der Waals surface area contributed by atoms with Crippen LogP contribution in [0.5, 0.6) is 0 Å². The molecule has 1 fully saturated rings. The van der Waals surface area contributed by atoms with Gasteiger partial charge in [-0.1, -0.05) is 37.5 Å². The van der Waals surface area contributed by atoms with Crippen LogP contribution in [-0.4, -0.2) is 31.1 Å². The maximum Gasteiger partial charge on any atom is 0.321 e. The van der Waals surface area contributed by atoms with E-state index in [-0.39, 0.29) is 17.8 Å². The SMILES string of the molecule is C[C@@H](C(=O)NC(=O)NC1CCCCC1)[NH+](C)Cc1ccccc1F. The molecule has 132 valence electrons. The Kier molecular flexibility index (Phi) is 6.73. The Balaban J connectivity index is 1.82. The largest absolute Gasteiger partial charge is 0.335 e. The molecule has 0 bridgehead atoms. The number of imide groups is 1. The van der Waals surface area contributed by atoms with Gasteiger partial charge in [0.2, 0.25) is 0 Å². The van der Waals surface area contributed by atoms with Crippen LogP contribution in [0, 0.1) is 5.82 Å². The van der Waals surface area contributed by atoms with E-state index in [0.717, 1.165) is 30.6 Å². The van der Waals surface area contributed by atoms with E-state index < -0.39 is 12.1 Å². The number of nitrogens with one attached hydrogen (secondary N) is 3. The molecule has 1 aliphatic carbocycles. The molecule has 0 aromatic heterocycles. The first-order chi connectivity index (χ1) is 11.5. The Morgan fingerprint density at radius 3 is 2.58 bits per heavy atom. The van der Waals surface area contributed by atoms with Gasteiger partial charge in [0, 0.05) is 11.6 Å². The summed E-state index contributed by atoms with van der Waals surface area (Å²) in [4.78, 5) is 25.0. The van der Waals surface area contributed by atoms with Gasteiger partial charge in [-0.05, 0) is 25.8 Å². The highest BCUT2D eigenvalue weighted by Crippen LogP contribution is 2.17. The first-order valence-electron chi connectivity index (χ1n) is 8.64. The number of urea groups is 1. The second-order valence-electron chi connectivity index (χ2n) is 6.63. The van der Waals surface area contributed by atoms with Crippen LogP contribution >= 0.6 is 0 Å². The number of halogens is 1. The molecule has 0 aliphatic heterocycles. The normalized spacial score (nSPS) is 17.8. The van der Waals surface area contributed by atoms with Crippen LogP contribution < -0.4 is 15.5 Å². The minimum atomic E-state index is -0.457. The van der Waals surface area contributed by atoms with Gasteiger partial charge < -0.3 is 10.2 Å². The number of likely N-dealkylation sites (N-methyl/N-ethyl adjacent to an activating group) is 1. The Morgan fingerprint density at radius 2 is 1.92 bits per heavy atom. The van der Waals surface area contributed by atoms with Crippen molar-refractivity contribution in [3.05, 3.63) is 35.6 Å². The van der Waals surface area contributed by atoms with Gasteiger partial charge >= 0.3 is 6.03 Å². The molecule has 2 rings (SSSR count). The van der Waals surface area contributed by atoms with Crippen molar-refractivity contribution in [2.24, 2.45) is 0 Å². The Bertz CT molecular complexity index is 573. The van der Waals surface area contributed by atoms with Gasteiger partial charge in [-0.15, -0.1) is 0 Å². The van der Waals surface area contributed by atoms with Gasteiger partial charge in [0.25, 0.3) is 5.91 Å². The predicted molar refractivity (Wildman–Crippen MR) is 90.0 cm³/mol. The van der Waals surface area contributed by atoms with Crippen LogP contribution in [0.3, 0.4) is 0 Å². The highest BCUT2D eigenvalue weighted by molar-refractivity contribution is 5.96. The first kappa shape index (κ1) is 18.4. The van der Waals surface area contributed by atoms with Crippen LogP contribution in [0.1, 0.15) is 44.6 Å². The fourth-order valence-electron chi connectivity index (χ4n) is 3.01. The summed E-state index contributed by atoms with van der Waals surface area (Å²) in [5.74, 6) is -0.628. The second kappa shape index (κ2) is 8.78. The molecule has 24 heavy (non-hydrogen) atoms. The summed E-state index contributed by atoms with van der Waals surface area (Å²) in [5.41, 5.74) is 0.557. The fourth-order valence-corrected chi connectivity index (χ4v) is 3.01. The minimum absolute atomic E-state index is 0.158. The summed E-state index contributed by atoms with van der Waals surface area (Å²) < 4.78 is 13.7. The third-order valence-electron chi connectivity index (χ3n) is 4.74. The molecule has 0 saturated heterocycles. The van der Waals surface area contributed by atoms with Crippen molar-refractivity contribution in [2.45, 2.75) is 57.7 Å². The predicted octanol–water partition coefficient (Wildman–Crippen LogP) is 1.39. The summed E-state index contributed by atoms with van der Waals surface area (Å²) in [6.07, 6.45) is 5.38. The standard InChI is InChI=1S/C18H26FN3O2/c1-13(22(2)12-14-8-6-7-11-16(14)19)17(23)21-18(24)20-15-9-4-3-5-10-15/h6-8,11,13,15H,3-5,9-10,12H2,1-2H3,(H2,20,21,23,24)/p+1/t13-/m0/s1. The van der Waals surface area contributed by atoms with Crippen molar-refractivity contribution in [1.82, 2.24) is 10.6 Å². The fraction of sp³-hybridized carbons (Fsp3) is 0.556. The van der Waals surface area contributed by atoms with E-state index in [4.69, 9.17) is 0 Å². The average Bonchev–Trinajstić information content (AvgIpc) is 2.57. The molecule has 3 amide bonds. The number of amides is 3. The molecular formula is C18H27FN3O2+. The zero-order valence-corrected chi connectivity index (χ0v) is 14.4. The van der Waals surface area contributed by atoms with E-state index in [0.29, 0.717) is 12.1 Å². The van der Waals surface area contributed by atoms with Gasteiger partial charge in [0.15, 0.2) is 6.04 Å². The van der Waals surface area contributed by atoms with Gasteiger partial charge in [-0.25, -0.2) is 9.18 Å². The molecule has 6 heteroatoms. The number of benzene rings is 1. The van der Waals surface area contributed by atoms with Crippen LogP contribution in [-0.2, 0) is 11.3 Å². The Morgan fingerprint density at radius 1 is 1.25 bits per heavy atom. The number of hydrogen-bond donors (Lipinski definition) is 3. The van der Waals surface area contributed by atoms with E-state index in [1.54, 1.807) is 25.1 Å². The molecule has 5 nitrogen and oxygen atoms in total. The molecule has 1 aromatic carbocycles. The number of carbonyl (C=O) groups excluding carboxylic acids is 2. The quantitative estimate of drug-likeness (QED) is 0.761. The number of carbonyl (C=O) groups is 2. The summed E-state index contributed by atoms with van der Waals surface area (Å²) in [5, 5.41) is 5.27. The monoisotopic (exact) mass is 336 g/mol. The van der Waals surface area contributed by atoms with E-state index in [1.165, 1.54) is 12.5 Å². The molecule has 3 N–H and O–H groups in total. The first-order valence-corrected chi connectivity index (χ1v) is 8.64. The van der Waals surface area contributed by atoms with Gasteiger partial charge in [0.05, 0.1) is 7.05 Å². The van der Waals surface area contributed by atoms with Crippen LogP contribution in [0.25, 0.3) is 0 Å². The molecule has 0 heterocycles. The molecule has 1 saturated carbocycles. The molecular weight excluding hydrogens is 309 g/mol. The van der Waals surface area contributed by atoms with E-state index in [1.807, 2.05) is 7.05 Å². The molecule has 0 spiro atoms. The zero-order valence-electron chi connectivity index (χ0n) is 14.4. The van der Waals surface area contributed by atoms with Gasteiger partial charge in [-0.3, -0.25) is 10.1 Å². The van der Waals surface area contributed by atoms with Gasteiger partial charge in [0.1, 0.15) is 12.4 Å². The van der Waals surface area contributed by atoms with Crippen molar-refractivity contribution in [3.8, 4) is 0 Å². The summed E-state index contributed by atoms with van der Waals surface area (Å²) >= 11 is 0. The maximum atomic E-state index is 13.7. The van der Waals surface area contributed by atoms with Crippen molar-refractivity contribution in [1.29, 1.82) is 0 Å². The van der Waals surface area contributed by atoms with Crippen LogP contribution in [0.15, 0.2) is 24.3 Å². The van der Waals surface area contributed by atoms with E-state index in [2.05, 4.69) is 10.6 Å². The maximum absolute atomic E-state index is 13.7. The summed E-state index contributed by atoms with van der Waals surface area (Å²) in [6, 6.07) is 5.79. The lowest BCUT2D eigenvalue weighted by Crippen LogP contribution is -3.12. The van der Waals surface area contributed by atoms with Gasteiger partial charge in [-0.2, -0.15) is 0 Å². The van der Waals surface area contributed by atoms with Crippen molar-refractivity contribution in [3.63, 3.8) is 0 Å². The third kappa shape index (κ3) is 5.30. The van der Waals surface area contributed by atoms with Crippen LogP contribution in [0.2, 0.25) is 0 Å². The smallest absolute Gasteiger partial charge is 0.321 e. The van der Waals surface area contributed by atoms with E-state index in [9.17, 15) is 14.0 Å². The molecule has 1 aliphatic rings. The number of quaternary nitrogens is 1.